The third-order valence-electron chi connectivity index (χ3n) is 4.65. The van der Waals surface area contributed by atoms with Crippen LogP contribution >= 0.6 is 22.9 Å². The summed E-state index contributed by atoms with van der Waals surface area (Å²) in [5.74, 6) is 0.235. The summed E-state index contributed by atoms with van der Waals surface area (Å²) in [6.07, 6.45) is 1.41. The topological polar surface area (TPSA) is 48.0 Å². The van der Waals surface area contributed by atoms with Gasteiger partial charge < -0.3 is 19.1 Å². The van der Waals surface area contributed by atoms with E-state index in [0.29, 0.717) is 49.0 Å². The van der Waals surface area contributed by atoms with Crippen molar-refractivity contribution >= 4 is 38.9 Å². The maximum Gasteiger partial charge on any atom is 0.265 e. The number of nitrogens with zero attached hydrogens (tertiary/aromatic N) is 1. The number of carbonyl (C=O) groups excluding carboxylic acids is 1. The van der Waals surface area contributed by atoms with Gasteiger partial charge in [-0.2, -0.15) is 0 Å². The van der Waals surface area contributed by atoms with Gasteiger partial charge in [-0.15, -0.1) is 11.3 Å². The molecule has 0 atom stereocenters. The van der Waals surface area contributed by atoms with Gasteiger partial charge >= 0.3 is 0 Å². The molecule has 128 valence electrons. The van der Waals surface area contributed by atoms with Crippen LogP contribution in [0.5, 0.6) is 5.75 Å². The Balaban J connectivity index is 1.56. The second-order valence-corrected chi connectivity index (χ2v) is 7.44. The lowest BCUT2D eigenvalue weighted by Crippen LogP contribution is -2.47. The van der Waals surface area contributed by atoms with Gasteiger partial charge in [-0.25, -0.2) is 0 Å². The van der Waals surface area contributed by atoms with Crippen LogP contribution in [-0.4, -0.2) is 50.0 Å². The highest BCUT2D eigenvalue weighted by Crippen LogP contribution is 2.39. The molecule has 0 N–H and O–H groups in total. The summed E-state index contributed by atoms with van der Waals surface area (Å²) in [4.78, 5) is 15.3. The molecular formula is C17H18ClNO4S. The zero-order valence-electron chi connectivity index (χ0n) is 13.3. The molecule has 5 nitrogen and oxygen atoms in total. The van der Waals surface area contributed by atoms with Crippen molar-refractivity contribution in [3.05, 3.63) is 28.1 Å². The molecule has 3 heterocycles. The van der Waals surface area contributed by atoms with Crippen LogP contribution in [-0.2, 0) is 9.47 Å². The Morgan fingerprint density at radius 1 is 1.29 bits per heavy atom. The third-order valence-corrected chi connectivity index (χ3v) is 6.32. The van der Waals surface area contributed by atoms with Crippen LogP contribution < -0.4 is 4.74 Å². The predicted octanol–water partition coefficient (Wildman–Crippen LogP) is 3.54. The third kappa shape index (κ3) is 2.67. The second kappa shape index (κ2) is 6.19. The Hall–Kier alpha value is -1.34. The largest absolute Gasteiger partial charge is 0.497 e. The molecule has 1 amide bonds. The van der Waals surface area contributed by atoms with Gasteiger partial charge in [0.2, 0.25) is 0 Å². The molecule has 0 radical (unpaired) electrons. The van der Waals surface area contributed by atoms with Crippen LogP contribution in [0.15, 0.2) is 18.2 Å². The smallest absolute Gasteiger partial charge is 0.265 e. The number of hydrogen-bond acceptors (Lipinski definition) is 5. The molecule has 2 aliphatic rings. The van der Waals surface area contributed by atoms with Gasteiger partial charge in [0.05, 0.1) is 25.3 Å². The molecule has 0 bridgehead atoms. The van der Waals surface area contributed by atoms with Crippen molar-refractivity contribution in [1.29, 1.82) is 0 Å². The number of thiophene rings is 1. The molecule has 1 aromatic heterocycles. The summed E-state index contributed by atoms with van der Waals surface area (Å²) < 4.78 is 17.7. The molecule has 1 spiro atoms. The number of likely N-dealkylation sites (tertiary alicyclic amines) is 1. The van der Waals surface area contributed by atoms with E-state index in [9.17, 15) is 4.79 Å². The van der Waals surface area contributed by atoms with Crippen molar-refractivity contribution in [2.45, 2.75) is 18.6 Å². The number of rotatable bonds is 2. The number of piperidine rings is 1. The van der Waals surface area contributed by atoms with Gasteiger partial charge in [0, 0.05) is 36.0 Å². The summed E-state index contributed by atoms with van der Waals surface area (Å²) in [6.45, 7) is 2.51. The molecule has 0 saturated carbocycles. The minimum atomic E-state index is -0.478. The highest BCUT2D eigenvalue weighted by atomic mass is 35.5. The normalized spacial score (nSPS) is 20.0. The van der Waals surface area contributed by atoms with Gasteiger partial charge in [0.25, 0.3) is 5.91 Å². The van der Waals surface area contributed by atoms with Gasteiger partial charge in [0.1, 0.15) is 10.6 Å². The standard InChI is InChI=1S/C17H18ClNO4S/c1-21-11-2-3-13-12(10-11)14(18)15(24-13)16(20)19-6-4-17(5-7-19)22-8-9-23-17/h2-3,10H,4-9H2,1H3. The van der Waals surface area contributed by atoms with Gasteiger partial charge in [-0.3, -0.25) is 4.79 Å². The number of carbonyl (C=O) groups is 1. The first kappa shape index (κ1) is 16.1. The fraction of sp³-hybridized carbons (Fsp3) is 0.471. The number of ether oxygens (including phenoxy) is 3. The Bertz CT molecular complexity index is 774. The molecule has 4 rings (SSSR count). The summed E-state index contributed by atoms with van der Waals surface area (Å²) in [5, 5.41) is 1.37. The van der Waals surface area contributed by atoms with Crippen LogP contribution in [0.4, 0.5) is 0 Å². The number of hydrogen-bond donors (Lipinski definition) is 0. The van der Waals surface area contributed by atoms with E-state index >= 15 is 0 Å². The minimum Gasteiger partial charge on any atom is -0.497 e. The fourth-order valence-electron chi connectivity index (χ4n) is 3.29. The monoisotopic (exact) mass is 367 g/mol. The van der Waals surface area contributed by atoms with Crippen molar-refractivity contribution in [3.8, 4) is 5.75 Å². The van der Waals surface area contributed by atoms with Gasteiger partial charge in [-0.05, 0) is 18.2 Å². The van der Waals surface area contributed by atoms with E-state index in [-0.39, 0.29) is 5.91 Å². The van der Waals surface area contributed by atoms with E-state index in [0.717, 1.165) is 15.8 Å². The van der Waals surface area contributed by atoms with E-state index < -0.39 is 5.79 Å². The number of fused-ring (bicyclic) bond motifs is 1. The SMILES string of the molecule is COc1ccc2sc(C(=O)N3CCC4(CC3)OCCO4)c(Cl)c2c1. The van der Waals surface area contributed by atoms with E-state index in [2.05, 4.69) is 0 Å². The molecule has 0 unspecified atom stereocenters. The molecular weight excluding hydrogens is 350 g/mol. The van der Waals surface area contributed by atoms with E-state index in [4.69, 9.17) is 25.8 Å². The Morgan fingerprint density at radius 2 is 2.00 bits per heavy atom. The summed E-state index contributed by atoms with van der Waals surface area (Å²) in [6, 6.07) is 5.69. The van der Waals surface area contributed by atoms with Gasteiger partial charge in [-0.1, -0.05) is 11.6 Å². The molecule has 7 heteroatoms. The Labute approximate surface area is 149 Å². The molecule has 0 aliphatic carbocycles. The number of benzene rings is 1. The fourth-order valence-corrected chi connectivity index (χ4v) is 4.74. The van der Waals surface area contributed by atoms with E-state index in [1.807, 2.05) is 23.1 Å². The first-order valence-electron chi connectivity index (χ1n) is 7.95. The lowest BCUT2D eigenvalue weighted by molar-refractivity contribution is -0.181. The zero-order valence-corrected chi connectivity index (χ0v) is 14.9. The number of halogens is 1. The maximum absolute atomic E-state index is 12.9. The van der Waals surface area contributed by atoms with E-state index in [1.54, 1.807) is 7.11 Å². The first-order valence-corrected chi connectivity index (χ1v) is 9.14. The predicted molar refractivity (Wildman–Crippen MR) is 93.2 cm³/mol. The van der Waals surface area contributed by atoms with Gasteiger partial charge in [0.15, 0.2) is 5.79 Å². The van der Waals surface area contributed by atoms with E-state index in [1.165, 1.54) is 11.3 Å². The van der Waals surface area contributed by atoms with Crippen LogP contribution in [0.3, 0.4) is 0 Å². The van der Waals surface area contributed by atoms with Crippen molar-refractivity contribution in [2.24, 2.45) is 0 Å². The highest BCUT2D eigenvalue weighted by molar-refractivity contribution is 7.21. The highest BCUT2D eigenvalue weighted by Gasteiger charge is 2.41. The van der Waals surface area contributed by atoms with Crippen molar-refractivity contribution in [1.82, 2.24) is 4.90 Å². The zero-order chi connectivity index (χ0) is 16.7. The average Bonchev–Trinajstić information content (AvgIpc) is 3.20. The van der Waals surface area contributed by atoms with Crippen LogP contribution in [0.25, 0.3) is 10.1 Å². The second-order valence-electron chi connectivity index (χ2n) is 6.01. The average molecular weight is 368 g/mol. The number of methoxy groups -OCH3 is 1. The van der Waals surface area contributed by atoms with Crippen LogP contribution in [0.1, 0.15) is 22.5 Å². The molecule has 1 aromatic carbocycles. The summed E-state index contributed by atoms with van der Waals surface area (Å²) in [7, 11) is 1.62. The van der Waals surface area contributed by atoms with Crippen molar-refractivity contribution in [3.63, 3.8) is 0 Å². The molecule has 2 aliphatic heterocycles. The Kier molecular flexibility index (Phi) is 4.16. The molecule has 2 fully saturated rings. The summed E-state index contributed by atoms with van der Waals surface area (Å²) >= 11 is 7.91. The summed E-state index contributed by atoms with van der Waals surface area (Å²) in [5.41, 5.74) is 0. The van der Waals surface area contributed by atoms with Crippen LogP contribution in [0, 0.1) is 0 Å². The molecule has 2 aromatic rings. The van der Waals surface area contributed by atoms with Crippen molar-refractivity contribution in [2.75, 3.05) is 33.4 Å². The first-order chi connectivity index (χ1) is 11.6. The molecule has 24 heavy (non-hydrogen) atoms. The lowest BCUT2D eigenvalue weighted by Gasteiger charge is -2.37. The Morgan fingerprint density at radius 3 is 2.67 bits per heavy atom. The van der Waals surface area contributed by atoms with Crippen molar-refractivity contribution < 1.29 is 19.0 Å². The lowest BCUT2D eigenvalue weighted by atomic mass is 10.0. The minimum absolute atomic E-state index is 0.0204. The number of amides is 1. The maximum atomic E-state index is 12.9. The van der Waals surface area contributed by atoms with Crippen LogP contribution in [0.2, 0.25) is 5.02 Å². The quantitative estimate of drug-likeness (QED) is 0.814. The molecule has 2 saturated heterocycles.